The molecule has 1 rings (SSSR count). The van der Waals surface area contributed by atoms with Gasteiger partial charge in [0.2, 0.25) is 0 Å². The van der Waals surface area contributed by atoms with Gasteiger partial charge >= 0.3 is 0 Å². The van der Waals surface area contributed by atoms with Gasteiger partial charge in [-0.15, -0.1) is 0 Å². The zero-order chi connectivity index (χ0) is 9.35. The Labute approximate surface area is 76.9 Å². The van der Waals surface area contributed by atoms with E-state index in [1.165, 1.54) is 0 Å². The molecule has 0 spiro atoms. The molecule has 0 bridgehead atoms. The third-order valence-electron chi connectivity index (χ3n) is 2.73. The van der Waals surface area contributed by atoms with Gasteiger partial charge in [-0.25, -0.2) is 0 Å². The molecule has 1 N–H and O–H groups in total. The normalized spacial score (nSPS) is 29.2. The Morgan fingerprint density at radius 2 is 2.08 bits per heavy atom. The first kappa shape index (κ1) is 9.91. The smallest absolute Gasteiger partial charge is 0.0800 e. The second kappa shape index (κ2) is 3.29. The van der Waals surface area contributed by atoms with Crippen LogP contribution in [0.15, 0.2) is 12.2 Å². The lowest BCUT2D eigenvalue weighted by molar-refractivity contribution is 0.0978. The van der Waals surface area contributed by atoms with Crippen molar-refractivity contribution in [2.24, 2.45) is 5.92 Å². The third-order valence-corrected chi connectivity index (χ3v) is 2.73. The van der Waals surface area contributed by atoms with Crippen molar-refractivity contribution < 1.29 is 5.11 Å². The summed E-state index contributed by atoms with van der Waals surface area (Å²) < 4.78 is 0. The highest BCUT2D eigenvalue weighted by Crippen LogP contribution is 2.44. The zero-order valence-electron chi connectivity index (χ0n) is 7.88. The van der Waals surface area contributed by atoms with Crippen molar-refractivity contribution in [1.29, 1.82) is 0 Å². The van der Waals surface area contributed by atoms with E-state index in [4.69, 9.17) is 7.74 Å². The second-order valence-electron chi connectivity index (χ2n) is 4.21. The number of aliphatic hydroxyl groups is 1. The molecule has 1 nitrogen and oxygen atoms in total. The molecule has 63 valence electrons. The highest BCUT2D eigenvalue weighted by Gasteiger charge is 2.34. The van der Waals surface area contributed by atoms with Gasteiger partial charge in [-0.1, -0.05) is 25.2 Å². The van der Waals surface area contributed by atoms with Gasteiger partial charge in [0.1, 0.15) is 0 Å². The van der Waals surface area contributed by atoms with Gasteiger partial charge < -0.3 is 5.11 Å². The average molecular weight is 161 g/mol. The Morgan fingerprint density at radius 1 is 1.58 bits per heavy atom. The van der Waals surface area contributed by atoms with Gasteiger partial charge in [0.15, 0.2) is 0 Å². The molecule has 1 aliphatic carbocycles. The molecular weight excluding hydrogens is 146 g/mol. The maximum Gasteiger partial charge on any atom is 0.0800 e. The lowest BCUT2D eigenvalue weighted by Gasteiger charge is -2.40. The predicted molar refractivity (Wildman–Crippen MR) is 53.4 cm³/mol. The van der Waals surface area contributed by atoms with Crippen molar-refractivity contribution in [3.8, 4) is 0 Å². The molecule has 1 fully saturated rings. The van der Waals surface area contributed by atoms with Crippen LogP contribution in [0.2, 0.25) is 5.82 Å². The molecule has 0 aromatic carbocycles. The maximum absolute atomic E-state index is 9.64. The van der Waals surface area contributed by atoms with Crippen LogP contribution in [0.4, 0.5) is 0 Å². The molecule has 3 radical (unpaired) electrons. The second-order valence-corrected chi connectivity index (χ2v) is 4.21. The van der Waals surface area contributed by atoms with E-state index in [2.05, 4.69) is 6.58 Å². The molecule has 0 atom stereocenters. The summed E-state index contributed by atoms with van der Waals surface area (Å²) in [7, 11) is 7.13. The van der Waals surface area contributed by atoms with Crippen molar-refractivity contribution in [2.45, 2.75) is 38.1 Å². The van der Waals surface area contributed by atoms with E-state index in [-0.39, 0.29) is 0 Å². The standard InChI is InChI=1S/C9H15B2O/c1-6(9(2,3)12)7-4-8(5-7)11-10/h7-8,12H,1,4-5H2,2-3H3. The summed E-state index contributed by atoms with van der Waals surface area (Å²) in [5, 5.41) is 9.64. The van der Waals surface area contributed by atoms with E-state index in [0.29, 0.717) is 11.7 Å². The third kappa shape index (κ3) is 1.95. The molecule has 1 aliphatic rings. The van der Waals surface area contributed by atoms with Gasteiger partial charge in [-0.3, -0.25) is 0 Å². The van der Waals surface area contributed by atoms with Crippen molar-refractivity contribution in [3.05, 3.63) is 12.2 Å². The van der Waals surface area contributed by atoms with E-state index in [9.17, 15) is 5.11 Å². The van der Waals surface area contributed by atoms with Crippen LogP contribution < -0.4 is 0 Å². The Kier molecular flexibility index (Phi) is 2.72. The van der Waals surface area contributed by atoms with Gasteiger partial charge in [0.05, 0.1) is 12.8 Å². The topological polar surface area (TPSA) is 20.2 Å². The van der Waals surface area contributed by atoms with E-state index >= 15 is 0 Å². The summed E-state index contributed by atoms with van der Waals surface area (Å²) in [5.74, 6) is 1.00. The van der Waals surface area contributed by atoms with Crippen molar-refractivity contribution in [1.82, 2.24) is 0 Å². The van der Waals surface area contributed by atoms with Crippen molar-refractivity contribution in [3.63, 3.8) is 0 Å². The van der Waals surface area contributed by atoms with Crippen LogP contribution in [0, 0.1) is 5.92 Å². The van der Waals surface area contributed by atoms with Crippen LogP contribution in [0.5, 0.6) is 0 Å². The van der Waals surface area contributed by atoms with Crippen molar-refractivity contribution >= 4 is 14.9 Å². The molecule has 12 heavy (non-hydrogen) atoms. The van der Waals surface area contributed by atoms with Crippen molar-refractivity contribution in [2.75, 3.05) is 0 Å². The minimum absolute atomic E-state index is 0.467. The maximum atomic E-state index is 9.64. The SMILES string of the molecule is [B][B]C1CC(C(=C)C(C)(C)O)C1. The first-order valence-corrected chi connectivity index (χ1v) is 4.42. The van der Waals surface area contributed by atoms with Crippen LogP contribution in [0.3, 0.4) is 0 Å². The summed E-state index contributed by atoms with van der Waals surface area (Å²) in [5.41, 5.74) is 0.213. The van der Waals surface area contributed by atoms with Gasteiger partial charge in [0.25, 0.3) is 0 Å². The fourth-order valence-electron chi connectivity index (χ4n) is 1.60. The summed E-state index contributed by atoms with van der Waals surface area (Å²) in [6, 6.07) is 0. The van der Waals surface area contributed by atoms with E-state index in [1.54, 1.807) is 21.0 Å². The Hall–Kier alpha value is -0.170. The number of rotatable bonds is 3. The molecule has 0 aromatic heterocycles. The molecule has 1 saturated carbocycles. The summed E-state index contributed by atoms with van der Waals surface area (Å²) in [6.07, 6.45) is 2.11. The minimum Gasteiger partial charge on any atom is -0.386 e. The summed E-state index contributed by atoms with van der Waals surface area (Å²) in [6.45, 7) is 7.49. The monoisotopic (exact) mass is 161 g/mol. The van der Waals surface area contributed by atoms with Crippen LogP contribution in [0.1, 0.15) is 26.7 Å². The molecule has 0 aliphatic heterocycles. The van der Waals surface area contributed by atoms with E-state index < -0.39 is 5.60 Å². The lowest BCUT2D eigenvalue weighted by atomic mass is 9.40. The molecule has 0 amide bonds. The first-order valence-electron chi connectivity index (χ1n) is 4.42. The Morgan fingerprint density at radius 3 is 2.42 bits per heavy atom. The van der Waals surface area contributed by atoms with E-state index in [0.717, 1.165) is 18.4 Å². The molecule has 0 saturated heterocycles. The highest BCUT2D eigenvalue weighted by molar-refractivity contribution is 6.90. The van der Waals surface area contributed by atoms with E-state index in [1.807, 2.05) is 0 Å². The van der Waals surface area contributed by atoms with Crippen LogP contribution in [-0.2, 0) is 0 Å². The molecule has 3 heteroatoms. The number of hydrogen-bond acceptors (Lipinski definition) is 1. The lowest BCUT2D eigenvalue weighted by Crippen LogP contribution is -2.33. The summed E-state index contributed by atoms with van der Waals surface area (Å²) >= 11 is 0. The highest BCUT2D eigenvalue weighted by atomic mass is 16.3. The predicted octanol–water partition coefficient (Wildman–Crippen LogP) is 1.30. The fraction of sp³-hybridized carbons (Fsp3) is 0.778. The van der Waals surface area contributed by atoms with Gasteiger partial charge in [-0.05, 0) is 25.3 Å². The molecule has 0 heterocycles. The zero-order valence-corrected chi connectivity index (χ0v) is 7.88. The fourth-order valence-corrected chi connectivity index (χ4v) is 1.60. The quantitative estimate of drug-likeness (QED) is 0.488. The Balaban J connectivity index is 2.39. The Bertz CT molecular complexity index is 177. The van der Waals surface area contributed by atoms with Crippen LogP contribution in [-0.4, -0.2) is 25.6 Å². The average Bonchev–Trinajstić information content (AvgIpc) is 1.83. The minimum atomic E-state index is -0.732. The first-order chi connectivity index (χ1) is 5.45. The largest absolute Gasteiger partial charge is 0.386 e. The van der Waals surface area contributed by atoms with Gasteiger partial charge in [0, 0.05) is 7.74 Å². The number of hydrogen-bond donors (Lipinski definition) is 1. The molecule has 0 aromatic rings. The molecule has 0 unspecified atom stereocenters. The summed E-state index contributed by atoms with van der Waals surface area (Å²) in [4.78, 5) is 0. The van der Waals surface area contributed by atoms with Crippen LogP contribution in [0.25, 0.3) is 0 Å². The van der Waals surface area contributed by atoms with Gasteiger partial charge in [-0.2, -0.15) is 0 Å². The van der Waals surface area contributed by atoms with Crippen LogP contribution >= 0.6 is 0 Å². The molecular formula is C9H15B2O.